The van der Waals surface area contributed by atoms with Crippen LogP contribution in [-0.4, -0.2) is 93.6 Å². The Morgan fingerprint density at radius 3 is 2.24 bits per heavy atom. The number of nitrogens with zero attached hydrogens (tertiary/aromatic N) is 2. The number of ether oxygens (including phenoxy) is 2. The first-order valence-corrected chi connectivity index (χ1v) is 18.6. The van der Waals surface area contributed by atoms with Crippen LogP contribution in [0.5, 0.6) is 0 Å². The van der Waals surface area contributed by atoms with Gasteiger partial charge >= 0.3 is 17.1 Å². The highest BCUT2D eigenvalue weighted by Crippen LogP contribution is 2.46. The Balaban J connectivity index is 2.73. The van der Waals surface area contributed by atoms with Crippen molar-refractivity contribution >= 4 is 33.5 Å². The van der Waals surface area contributed by atoms with Gasteiger partial charge in [-0.2, -0.15) is 0 Å². The van der Waals surface area contributed by atoms with Crippen molar-refractivity contribution < 1.29 is 31.5 Å². The van der Waals surface area contributed by atoms with Gasteiger partial charge in [0.1, 0.15) is 27.4 Å². The predicted molar refractivity (Wildman–Crippen MR) is 140 cm³/mol. The molecule has 0 amide bonds. The van der Waals surface area contributed by atoms with E-state index in [0.29, 0.717) is 19.8 Å². The minimum absolute atomic E-state index is 0.0266. The SMILES string of the molecule is [B]C1OC(COC)C(O[Si](C)(C)O[Si](C)(C)OCOP(OCC[N+]#[C-])N(C(C)C)C(C)C)C1C. The Hall–Kier alpha value is 0.0987. The van der Waals surface area contributed by atoms with Gasteiger partial charge in [-0.3, -0.25) is 4.52 Å². The van der Waals surface area contributed by atoms with E-state index in [1.54, 1.807) is 7.11 Å². The molecule has 0 saturated carbocycles. The molecule has 5 unspecified atom stereocenters. The Morgan fingerprint density at radius 1 is 1.09 bits per heavy atom. The van der Waals surface area contributed by atoms with E-state index in [9.17, 15) is 0 Å². The molecule has 196 valence electrons. The van der Waals surface area contributed by atoms with Gasteiger partial charge in [-0.15, -0.1) is 0 Å². The summed E-state index contributed by atoms with van der Waals surface area (Å²) in [7, 11) is 1.19. The smallest absolute Gasteiger partial charge is 0.324 e. The number of rotatable bonds is 16. The van der Waals surface area contributed by atoms with E-state index in [-0.39, 0.29) is 37.0 Å². The van der Waals surface area contributed by atoms with Crippen LogP contribution < -0.4 is 0 Å². The first kappa shape index (κ1) is 32.1. The zero-order chi connectivity index (χ0) is 26.1. The third-order valence-corrected chi connectivity index (χ3v) is 12.8. The molecule has 0 aromatic heterocycles. The molecule has 0 bridgehead atoms. The fraction of sp³-hybridized carbons (Fsp3) is 0.952. The average Bonchev–Trinajstić information content (AvgIpc) is 2.93. The second-order valence-electron chi connectivity index (χ2n) is 9.85. The highest BCUT2D eigenvalue weighted by Gasteiger charge is 2.46. The molecule has 0 spiro atoms. The van der Waals surface area contributed by atoms with E-state index in [1.165, 1.54) is 0 Å². The molecule has 1 aliphatic rings. The van der Waals surface area contributed by atoms with Gasteiger partial charge in [-0.05, 0) is 53.9 Å². The van der Waals surface area contributed by atoms with E-state index in [4.69, 9.17) is 45.9 Å². The zero-order valence-corrected chi connectivity index (χ0v) is 25.5. The Kier molecular flexibility index (Phi) is 13.9. The minimum atomic E-state index is -2.59. The Labute approximate surface area is 211 Å². The van der Waals surface area contributed by atoms with Crippen molar-refractivity contribution in [1.82, 2.24) is 4.67 Å². The van der Waals surface area contributed by atoms with Crippen LogP contribution >= 0.6 is 8.53 Å². The molecule has 0 aliphatic carbocycles. The summed E-state index contributed by atoms with van der Waals surface area (Å²) in [6.45, 7) is 26.5. The van der Waals surface area contributed by atoms with E-state index >= 15 is 0 Å². The molecule has 1 aliphatic heterocycles. The predicted octanol–water partition coefficient (Wildman–Crippen LogP) is 4.24. The first-order valence-electron chi connectivity index (χ1n) is 11.8. The van der Waals surface area contributed by atoms with Crippen LogP contribution in [0.2, 0.25) is 26.2 Å². The third-order valence-electron chi connectivity index (χ3n) is 5.20. The van der Waals surface area contributed by atoms with Crippen LogP contribution in [0.25, 0.3) is 4.85 Å². The van der Waals surface area contributed by atoms with Crippen molar-refractivity contribution in [3.8, 4) is 0 Å². The highest BCUT2D eigenvalue weighted by molar-refractivity contribution is 7.44. The highest BCUT2D eigenvalue weighted by atomic mass is 31.2. The fourth-order valence-electron chi connectivity index (χ4n) is 3.91. The summed E-state index contributed by atoms with van der Waals surface area (Å²) in [5, 5.41) is 0. The maximum Gasteiger partial charge on any atom is 0.324 e. The summed E-state index contributed by atoms with van der Waals surface area (Å²) in [5.74, 6) is 0.0266. The Bertz CT molecular complexity index is 635. The second kappa shape index (κ2) is 14.7. The van der Waals surface area contributed by atoms with Gasteiger partial charge < -0.3 is 31.8 Å². The first-order chi connectivity index (χ1) is 15.7. The molecule has 2 radical (unpaired) electrons. The monoisotopic (exact) mass is 534 g/mol. The van der Waals surface area contributed by atoms with Gasteiger partial charge in [-0.1, -0.05) is 6.92 Å². The van der Waals surface area contributed by atoms with Gasteiger partial charge in [0.25, 0.3) is 8.53 Å². The average molecular weight is 535 g/mol. The maximum atomic E-state index is 7.00. The lowest BCUT2D eigenvalue weighted by molar-refractivity contribution is -0.0188. The lowest BCUT2D eigenvalue weighted by Gasteiger charge is -2.37. The standard InChI is InChI=1S/C21H44BN2O7PSi2/c1-16(2)24(17(3)4)32(26-13-12-23-6)27-15-28-33(8,9)31-34(10,11)30-20-18(5)21(22)29-19(20)14-25-7/h16-21H,12-15H2,1-5,7-11H3. The van der Waals surface area contributed by atoms with E-state index < -0.39 is 31.7 Å². The molecule has 0 N–H and O–H groups in total. The molecule has 13 heteroatoms. The summed E-state index contributed by atoms with van der Waals surface area (Å²) in [6.07, 6.45) is -0.430. The molecule has 0 aromatic rings. The summed E-state index contributed by atoms with van der Waals surface area (Å²) in [4.78, 5) is 3.37. The Morgan fingerprint density at radius 2 is 1.71 bits per heavy atom. The van der Waals surface area contributed by atoms with Gasteiger partial charge in [-0.25, -0.2) is 11.2 Å². The van der Waals surface area contributed by atoms with Crippen LogP contribution in [0.4, 0.5) is 0 Å². The summed E-state index contributed by atoms with van der Waals surface area (Å²) in [6, 6.07) is 0.0569. The van der Waals surface area contributed by atoms with Crippen molar-refractivity contribution in [3.05, 3.63) is 11.4 Å². The van der Waals surface area contributed by atoms with E-state index in [2.05, 4.69) is 37.2 Å². The quantitative estimate of drug-likeness (QED) is 0.0958. The molecular formula is C21H44BN2O7PSi2. The zero-order valence-electron chi connectivity index (χ0n) is 22.6. The third kappa shape index (κ3) is 10.6. The topological polar surface area (TPSA) is 72.2 Å². The summed E-state index contributed by atoms with van der Waals surface area (Å²) >= 11 is 0. The fourth-order valence-corrected chi connectivity index (χ4v) is 12.0. The van der Waals surface area contributed by atoms with Gasteiger partial charge in [0.2, 0.25) is 6.54 Å². The van der Waals surface area contributed by atoms with Gasteiger partial charge in [0, 0.05) is 31.1 Å². The molecule has 1 rings (SSSR count). The molecular weight excluding hydrogens is 490 g/mol. The lowest BCUT2D eigenvalue weighted by Crippen LogP contribution is -2.52. The molecule has 1 heterocycles. The number of hydrogen-bond donors (Lipinski definition) is 0. The van der Waals surface area contributed by atoms with Crippen molar-refractivity contribution in [2.75, 3.05) is 33.7 Å². The van der Waals surface area contributed by atoms with Crippen molar-refractivity contribution in [2.45, 2.75) is 91.1 Å². The van der Waals surface area contributed by atoms with Crippen molar-refractivity contribution in [3.63, 3.8) is 0 Å². The van der Waals surface area contributed by atoms with Crippen molar-refractivity contribution in [2.24, 2.45) is 5.92 Å². The number of hydrogen-bond acceptors (Lipinski definition) is 8. The summed E-state index contributed by atoms with van der Waals surface area (Å²) < 4.78 is 44.3. The van der Waals surface area contributed by atoms with E-state index in [1.807, 2.05) is 33.1 Å². The molecule has 9 nitrogen and oxygen atoms in total. The maximum absolute atomic E-state index is 7.00. The molecule has 5 atom stereocenters. The second-order valence-corrected chi connectivity index (χ2v) is 18.2. The lowest BCUT2D eigenvalue weighted by atomic mass is 9.86. The van der Waals surface area contributed by atoms with Crippen LogP contribution in [0, 0.1) is 12.5 Å². The molecule has 1 saturated heterocycles. The van der Waals surface area contributed by atoms with Crippen LogP contribution in [0.1, 0.15) is 34.6 Å². The van der Waals surface area contributed by atoms with E-state index in [0.717, 1.165) is 0 Å². The van der Waals surface area contributed by atoms with Crippen molar-refractivity contribution in [1.29, 1.82) is 0 Å². The van der Waals surface area contributed by atoms with Crippen LogP contribution in [0.15, 0.2) is 0 Å². The normalized spacial score (nSPS) is 24.8. The summed E-state index contributed by atoms with van der Waals surface area (Å²) in [5.41, 5.74) is 0. The molecule has 34 heavy (non-hydrogen) atoms. The largest absolute Gasteiger partial charge is 0.415 e. The minimum Gasteiger partial charge on any atom is -0.415 e. The molecule has 0 aromatic carbocycles. The number of methoxy groups -OCH3 is 1. The van der Waals surface area contributed by atoms with Gasteiger partial charge in [0.15, 0.2) is 0 Å². The van der Waals surface area contributed by atoms with Crippen LogP contribution in [-0.2, 0) is 31.5 Å². The molecule has 1 fully saturated rings. The van der Waals surface area contributed by atoms with Gasteiger partial charge in [0.05, 0.1) is 12.7 Å². The van der Waals surface area contributed by atoms with Crippen LogP contribution in [0.3, 0.4) is 0 Å².